The van der Waals surface area contributed by atoms with E-state index in [1.54, 1.807) is 0 Å². The molecule has 18 heavy (non-hydrogen) atoms. The van der Waals surface area contributed by atoms with Crippen molar-refractivity contribution in [2.45, 2.75) is 38.1 Å². The molecule has 3 nitrogen and oxygen atoms in total. The molecule has 3 heteroatoms. The van der Waals surface area contributed by atoms with Crippen molar-refractivity contribution in [2.24, 2.45) is 0 Å². The predicted octanol–water partition coefficient (Wildman–Crippen LogP) is 2.78. The zero-order valence-electron chi connectivity index (χ0n) is 11.1. The second-order valence-electron chi connectivity index (χ2n) is 4.85. The zero-order valence-corrected chi connectivity index (χ0v) is 11.1. The molecule has 2 rings (SSSR count). The third-order valence-corrected chi connectivity index (χ3v) is 3.35. The minimum absolute atomic E-state index is 0.220. The SMILES string of the molecule is CCCNC(C(=O)OC)c1ccc(C2CC2)cc1. The van der Waals surface area contributed by atoms with Gasteiger partial charge in [0.2, 0.25) is 0 Å². The van der Waals surface area contributed by atoms with Gasteiger partial charge in [-0.05, 0) is 42.9 Å². The number of hydrogen-bond acceptors (Lipinski definition) is 3. The van der Waals surface area contributed by atoms with Crippen LogP contribution in [0.15, 0.2) is 24.3 Å². The number of rotatable bonds is 6. The Morgan fingerprint density at radius 1 is 1.39 bits per heavy atom. The lowest BCUT2D eigenvalue weighted by Crippen LogP contribution is -2.30. The zero-order chi connectivity index (χ0) is 13.0. The normalized spacial score (nSPS) is 16.3. The molecule has 1 unspecified atom stereocenters. The maximum absolute atomic E-state index is 11.8. The summed E-state index contributed by atoms with van der Waals surface area (Å²) in [6, 6.07) is 8.01. The number of ether oxygens (including phenoxy) is 1. The average molecular weight is 247 g/mol. The van der Waals surface area contributed by atoms with Crippen molar-refractivity contribution in [3.8, 4) is 0 Å². The van der Waals surface area contributed by atoms with E-state index in [0.717, 1.165) is 24.4 Å². The van der Waals surface area contributed by atoms with E-state index in [2.05, 4.69) is 24.4 Å². The first kappa shape index (κ1) is 13.1. The van der Waals surface area contributed by atoms with Gasteiger partial charge in [0.15, 0.2) is 0 Å². The van der Waals surface area contributed by atoms with Gasteiger partial charge in [0, 0.05) is 0 Å². The van der Waals surface area contributed by atoms with Crippen LogP contribution in [0, 0.1) is 0 Å². The van der Waals surface area contributed by atoms with Crippen molar-refractivity contribution in [1.82, 2.24) is 5.32 Å². The highest BCUT2D eigenvalue weighted by Gasteiger charge is 2.25. The Morgan fingerprint density at radius 3 is 2.56 bits per heavy atom. The first-order valence-corrected chi connectivity index (χ1v) is 6.67. The molecule has 0 aromatic heterocycles. The van der Waals surface area contributed by atoms with E-state index < -0.39 is 0 Å². The summed E-state index contributed by atoms with van der Waals surface area (Å²) in [7, 11) is 1.43. The third kappa shape index (κ3) is 3.10. The first-order chi connectivity index (χ1) is 8.76. The maximum atomic E-state index is 11.8. The Labute approximate surface area is 109 Å². The van der Waals surface area contributed by atoms with Crippen LogP contribution in [-0.4, -0.2) is 19.6 Å². The van der Waals surface area contributed by atoms with E-state index in [9.17, 15) is 4.79 Å². The molecule has 1 aromatic carbocycles. The summed E-state index contributed by atoms with van der Waals surface area (Å²) in [6.07, 6.45) is 3.59. The fraction of sp³-hybridized carbons (Fsp3) is 0.533. The number of methoxy groups -OCH3 is 1. The van der Waals surface area contributed by atoms with Gasteiger partial charge in [-0.25, -0.2) is 4.79 Å². The molecule has 1 N–H and O–H groups in total. The number of nitrogens with one attached hydrogen (secondary N) is 1. The highest BCUT2D eigenvalue weighted by Crippen LogP contribution is 2.40. The summed E-state index contributed by atoms with van der Waals surface area (Å²) >= 11 is 0. The molecule has 0 bridgehead atoms. The topological polar surface area (TPSA) is 38.3 Å². The van der Waals surface area contributed by atoms with Crippen molar-refractivity contribution in [3.63, 3.8) is 0 Å². The van der Waals surface area contributed by atoms with Crippen molar-refractivity contribution in [1.29, 1.82) is 0 Å². The van der Waals surface area contributed by atoms with E-state index in [1.165, 1.54) is 25.5 Å². The van der Waals surface area contributed by atoms with Gasteiger partial charge in [0.05, 0.1) is 7.11 Å². The number of carbonyl (C=O) groups is 1. The van der Waals surface area contributed by atoms with Crippen molar-refractivity contribution >= 4 is 5.97 Å². The Bertz CT molecular complexity index is 395. The average Bonchev–Trinajstić information content (AvgIpc) is 3.24. The summed E-state index contributed by atoms with van der Waals surface area (Å²) in [6.45, 7) is 2.89. The minimum atomic E-state index is -0.344. The quantitative estimate of drug-likeness (QED) is 0.786. The Balaban J connectivity index is 2.10. The molecule has 1 saturated carbocycles. The van der Waals surface area contributed by atoms with Crippen LogP contribution in [0.2, 0.25) is 0 Å². The summed E-state index contributed by atoms with van der Waals surface area (Å²) in [5.74, 6) is 0.529. The molecule has 1 aliphatic rings. The Morgan fingerprint density at radius 2 is 2.06 bits per heavy atom. The molecule has 98 valence electrons. The number of esters is 1. The van der Waals surface area contributed by atoms with Gasteiger partial charge in [-0.3, -0.25) is 0 Å². The van der Waals surface area contributed by atoms with Gasteiger partial charge in [-0.2, -0.15) is 0 Å². The molecule has 1 fully saturated rings. The van der Waals surface area contributed by atoms with Crippen LogP contribution in [-0.2, 0) is 9.53 Å². The van der Waals surface area contributed by atoms with Gasteiger partial charge < -0.3 is 10.1 Å². The van der Waals surface area contributed by atoms with Crippen LogP contribution in [0.3, 0.4) is 0 Å². The molecule has 0 aliphatic heterocycles. The van der Waals surface area contributed by atoms with Crippen molar-refractivity contribution in [2.75, 3.05) is 13.7 Å². The molecule has 0 spiro atoms. The maximum Gasteiger partial charge on any atom is 0.327 e. The third-order valence-electron chi connectivity index (χ3n) is 3.35. The van der Waals surface area contributed by atoms with Gasteiger partial charge >= 0.3 is 5.97 Å². The van der Waals surface area contributed by atoms with Crippen LogP contribution in [0.1, 0.15) is 49.3 Å². The molecule has 0 radical (unpaired) electrons. The number of hydrogen-bond donors (Lipinski definition) is 1. The molecular formula is C15H21NO2. The summed E-state index contributed by atoms with van der Waals surface area (Å²) < 4.78 is 4.85. The second kappa shape index (κ2) is 6.01. The van der Waals surface area contributed by atoms with Gasteiger partial charge in [-0.1, -0.05) is 31.2 Å². The van der Waals surface area contributed by atoms with E-state index >= 15 is 0 Å². The van der Waals surface area contributed by atoms with Crippen molar-refractivity contribution < 1.29 is 9.53 Å². The molecule has 0 saturated heterocycles. The summed E-state index contributed by atoms with van der Waals surface area (Å²) in [5.41, 5.74) is 2.37. The van der Waals surface area contributed by atoms with Gasteiger partial charge in [0.1, 0.15) is 6.04 Å². The van der Waals surface area contributed by atoms with E-state index in [1.807, 2.05) is 12.1 Å². The molecular weight excluding hydrogens is 226 g/mol. The fourth-order valence-corrected chi connectivity index (χ4v) is 2.12. The Hall–Kier alpha value is -1.35. The monoisotopic (exact) mass is 247 g/mol. The fourth-order valence-electron chi connectivity index (χ4n) is 2.12. The molecule has 0 amide bonds. The minimum Gasteiger partial charge on any atom is -0.468 e. The molecule has 0 heterocycles. The van der Waals surface area contributed by atoms with Crippen LogP contribution >= 0.6 is 0 Å². The lowest BCUT2D eigenvalue weighted by Gasteiger charge is -2.16. The standard InChI is InChI=1S/C15H21NO2/c1-3-10-16-14(15(17)18-2)13-8-6-12(7-9-13)11-4-5-11/h6-9,11,14,16H,3-5,10H2,1-2H3. The molecule has 1 atom stereocenters. The van der Waals surface area contributed by atoms with Crippen LogP contribution in [0.25, 0.3) is 0 Å². The Kier molecular flexibility index (Phi) is 4.37. The largest absolute Gasteiger partial charge is 0.468 e. The lowest BCUT2D eigenvalue weighted by atomic mass is 10.0. The lowest BCUT2D eigenvalue weighted by molar-refractivity contribution is -0.143. The van der Waals surface area contributed by atoms with Gasteiger partial charge in [-0.15, -0.1) is 0 Å². The smallest absolute Gasteiger partial charge is 0.327 e. The molecule has 1 aliphatic carbocycles. The van der Waals surface area contributed by atoms with Crippen molar-refractivity contribution in [3.05, 3.63) is 35.4 Å². The summed E-state index contributed by atoms with van der Waals surface area (Å²) in [4.78, 5) is 11.8. The van der Waals surface area contributed by atoms with Crippen LogP contribution in [0.5, 0.6) is 0 Å². The predicted molar refractivity (Wildman–Crippen MR) is 71.5 cm³/mol. The second-order valence-corrected chi connectivity index (χ2v) is 4.85. The van der Waals surface area contributed by atoms with Crippen LogP contribution < -0.4 is 5.32 Å². The first-order valence-electron chi connectivity index (χ1n) is 6.67. The highest BCUT2D eigenvalue weighted by atomic mass is 16.5. The van der Waals surface area contributed by atoms with E-state index in [-0.39, 0.29) is 12.0 Å². The number of benzene rings is 1. The van der Waals surface area contributed by atoms with Gasteiger partial charge in [0.25, 0.3) is 0 Å². The van der Waals surface area contributed by atoms with E-state index in [4.69, 9.17) is 4.74 Å². The molecule has 1 aromatic rings. The summed E-state index contributed by atoms with van der Waals surface area (Å²) in [5, 5.41) is 3.23. The van der Waals surface area contributed by atoms with Crippen LogP contribution in [0.4, 0.5) is 0 Å². The van der Waals surface area contributed by atoms with E-state index in [0.29, 0.717) is 0 Å². The highest BCUT2D eigenvalue weighted by molar-refractivity contribution is 5.77. The number of carbonyl (C=O) groups excluding carboxylic acids is 1.